The van der Waals surface area contributed by atoms with Crippen LogP contribution < -0.4 is 10.6 Å². The first kappa shape index (κ1) is 13.8. The molecule has 1 rings (SSSR count). The predicted octanol–water partition coefficient (Wildman–Crippen LogP) is 2.10. The number of anilines is 2. The van der Waals surface area contributed by atoms with E-state index in [0.717, 1.165) is 5.69 Å². The molecule has 0 spiro atoms. The predicted molar refractivity (Wildman–Crippen MR) is 70.5 cm³/mol. The maximum Gasteiger partial charge on any atom is 0.335 e. The van der Waals surface area contributed by atoms with Gasteiger partial charge < -0.3 is 15.7 Å². The molecule has 0 saturated heterocycles. The molecule has 5 heteroatoms. The van der Waals surface area contributed by atoms with Crippen LogP contribution in [0.25, 0.3) is 0 Å². The van der Waals surface area contributed by atoms with Gasteiger partial charge in [-0.1, -0.05) is 0 Å². The van der Waals surface area contributed by atoms with E-state index in [1.165, 1.54) is 12.1 Å². The van der Waals surface area contributed by atoms with Gasteiger partial charge in [0.15, 0.2) is 0 Å². The van der Waals surface area contributed by atoms with Crippen molar-refractivity contribution in [3.63, 3.8) is 0 Å². The highest BCUT2D eigenvalue weighted by atomic mass is 16.4. The van der Waals surface area contributed by atoms with Crippen LogP contribution in [0.2, 0.25) is 0 Å². The number of nitriles is 1. The van der Waals surface area contributed by atoms with Crippen LogP contribution in [0.5, 0.6) is 0 Å². The lowest BCUT2D eigenvalue weighted by molar-refractivity contribution is 0.0697. The minimum Gasteiger partial charge on any atom is -0.478 e. The Morgan fingerprint density at radius 1 is 1.56 bits per heavy atom. The zero-order valence-electron chi connectivity index (χ0n) is 10.6. The van der Waals surface area contributed by atoms with Gasteiger partial charge in [-0.3, -0.25) is 0 Å². The second-order valence-electron chi connectivity index (χ2n) is 4.27. The van der Waals surface area contributed by atoms with Gasteiger partial charge in [0, 0.05) is 12.6 Å². The third kappa shape index (κ3) is 3.14. The minimum absolute atomic E-state index is 0.167. The largest absolute Gasteiger partial charge is 0.478 e. The standard InChI is InChI=1S/C13H17N3O2/c1-9(2)16(7-3-6-14)12-5-4-10(13(17)18)8-11(12)15/h4-5,8-9H,3,7,15H2,1-2H3,(H,17,18). The first-order chi connectivity index (χ1) is 8.47. The number of nitrogen functional groups attached to an aromatic ring is 1. The fourth-order valence-corrected chi connectivity index (χ4v) is 1.78. The van der Waals surface area contributed by atoms with Crippen LogP contribution in [0, 0.1) is 11.3 Å². The monoisotopic (exact) mass is 247 g/mol. The normalized spacial score (nSPS) is 10.1. The highest BCUT2D eigenvalue weighted by Gasteiger charge is 2.14. The van der Waals surface area contributed by atoms with Crippen molar-refractivity contribution in [1.82, 2.24) is 0 Å². The summed E-state index contributed by atoms with van der Waals surface area (Å²) in [7, 11) is 0. The summed E-state index contributed by atoms with van der Waals surface area (Å²) in [4.78, 5) is 12.8. The van der Waals surface area contributed by atoms with Gasteiger partial charge in [-0.2, -0.15) is 5.26 Å². The lowest BCUT2D eigenvalue weighted by Gasteiger charge is -2.29. The third-order valence-corrected chi connectivity index (χ3v) is 2.67. The lowest BCUT2D eigenvalue weighted by Crippen LogP contribution is -2.32. The number of hydrogen-bond acceptors (Lipinski definition) is 4. The molecule has 0 radical (unpaired) electrons. The molecule has 18 heavy (non-hydrogen) atoms. The molecule has 0 heterocycles. The molecule has 3 N–H and O–H groups in total. The summed E-state index contributed by atoms with van der Waals surface area (Å²) in [6.07, 6.45) is 0.401. The van der Waals surface area contributed by atoms with Crippen molar-refractivity contribution in [2.45, 2.75) is 26.3 Å². The van der Waals surface area contributed by atoms with E-state index in [2.05, 4.69) is 6.07 Å². The van der Waals surface area contributed by atoms with Crippen molar-refractivity contribution in [2.75, 3.05) is 17.2 Å². The van der Waals surface area contributed by atoms with Crippen molar-refractivity contribution < 1.29 is 9.90 Å². The number of carboxylic acid groups (broad SMARTS) is 1. The number of aromatic carboxylic acids is 1. The average molecular weight is 247 g/mol. The Morgan fingerprint density at radius 3 is 2.67 bits per heavy atom. The summed E-state index contributed by atoms with van der Waals surface area (Å²) >= 11 is 0. The zero-order chi connectivity index (χ0) is 13.7. The van der Waals surface area contributed by atoms with E-state index in [4.69, 9.17) is 16.1 Å². The Morgan fingerprint density at radius 2 is 2.22 bits per heavy atom. The van der Waals surface area contributed by atoms with E-state index >= 15 is 0 Å². The molecule has 0 fully saturated rings. The zero-order valence-corrected chi connectivity index (χ0v) is 10.6. The van der Waals surface area contributed by atoms with E-state index in [9.17, 15) is 4.79 Å². The number of nitrogens with zero attached hydrogens (tertiary/aromatic N) is 2. The van der Waals surface area contributed by atoms with Crippen LogP contribution in [0.1, 0.15) is 30.6 Å². The Hall–Kier alpha value is -2.22. The summed E-state index contributed by atoms with van der Waals surface area (Å²) in [5.74, 6) is -0.999. The van der Waals surface area contributed by atoms with Gasteiger partial charge >= 0.3 is 5.97 Å². The quantitative estimate of drug-likeness (QED) is 0.777. The summed E-state index contributed by atoms with van der Waals surface area (Å²) < 4.78 is 0. The van der Waals surface area contributed by atoms with E-state index in [-0.39, 0.29) is 11.6 Å². The van der Waals surface area contributed by atoms with Crippen molar-refractivity contribution in [2.24, 2.45) is 0 Å². The first-order valence-corrected chi connectivity index (χ1v) is 5.73. The topological polar surface area (TPSA) is 90.3 Å². The highest BCUT2D eigenvalue weighted by Crippen LogP contribution is 2.26. The van der Waals surface area contributed by atoms with Crippen molar-refractivity contribution >= 4 is 17.3 Å². The summed E-state index contributed by atoms with van der Waals surface area (Å²) in [6.45, 7) is 4.58. The smallest absolute Gasteiger partial charge is 0.335 e. The molecule has 96 valence electrons. The molecule has 0 aliphatic carbocycles. The molecule has 0 bridgehead atoms. The number of hydrogen-bond donors (Lipinski definition) is 2. The molecule has 0 atom stereocenters. The number of rotatable bonds is 5. The van der Waals surface area contributed by atoms with Gasteiger partial charge in [0.2, 0.25) is 0 Å². The number of benzene rings is 1. The maximum atomic E-state index is 10.8. The fraction of sp³-hybridized carbons (Fsp3) is 0.385. The number of carboxylic acids is 1. The van der Waals surface area contributed by atoms with Gasteiger partial charge in [0.25, 0.3) is 0 Å². The summed E-state index contributed by atoms with van der Waals surface area (Å²) in [6, 6.07) is 6.94. The SMILES string of the molecule is CC(C)N(CCC#N)c1ccc(C(=O)O)cc1N. The summed E-state index contributed by atoms with van der Waals surface area (Å²) in [5.41, 5.74) is 7.24. The Labute approximate surface area is 106 Å². The Bertz CT molecular complexity index is 478. The molecule has 0 saturated carbocycles. The maximum absolute atomic E-state index is 10.8. The third-order valence-electron chi connectivity index (χ3n) is 2.67. The molecular formula is C13H17N3O2. The summed E-state index contributed by atoms with van der Waals surface area (Å²) in [5, 5.41) is 17.5. The van der Waals surface area contributed by atoms with E-state index < -0.39 is 5.97 Å². The van der Waals surface area contributed by atoms with Gasteiger partial charge in [0.1, 0.15) is 0 Å². The molecule has 0 unspecified atom stereocenters. The van der Waals surface area contributed by atoms with Gasteiger partial charge in [-0.25, -0.2) is 4.79 Å². The average Bonchev–Trinajstić information content (AvgIpc) is 2.30. The highest BCUT2D eigenvalue weighted by molar-refractivity contribution is 5.90. The van der Waals surface area contributed by atoms with Gasteiger partial charge in [-0.05, 0) is 32.0 Å². The molecule has 1 aromatic rings. The van der Waals surface area contributed by atoms with E-state index in [1.807, 2.05) is 18.7 Å². The van der Waals surface area contributed by atoms with Crippen molar-refractivity contribution in [3.05, 3.63) is 23.8 Å². The minimum atomic E-state index is -0.999. The first-order valence-electron chi connectivity index (χ1n) is 5.73. The molecule has 5 nitrogen and oxygen atoms in total. The van der Waals surface area contributed by atoms with Crippen LogP contribution in [0.4, 0.5) is 11.4 Å². The molecule has 0 aliphatic rings. The molecule has 1 aromatic carbocycles. The number of nitrogens with two attached hydrogens (primary N) is 1. The fourth-order valence-electron chi connectivity index (χ4n) is 1.78. The van der Waals surface area contributed by atoms with Gasteiger partial charge in [0.05, 0.1) is 29.4 Å². The number of carbonyl (C=O) groups is 1. The molecule has 0 aliphatic heterocycles. The lowest BCUT2D eigenvalue weighted by atomic mass is 10.1. The Kier molecular flexibility index (Phi) is 4.55. The molecule has 0 amide bonds. The molecular weight excluding hydrogens is 230 g/mol. The van der Waals surface area contributed by atoms with Crippen molar-refractivity contribution in [1.29, 1.82) is 5.26 Å². The van der Waals surface area contributed by atoms with Crippen LogP contribution in [-0.2, 0) is 0 Å². The Balaban J connectivity index is 3.06. The van der Waals surface area contributed by atoms with Crippen LogP contribution in [-0.4, -0.2) is 23.7 Å². The van der Waals surface area contributed by atoms with Crippen LogP contribution >= 0.6 is 0 Å². The van der Waals surface area contributed by atoms with E-state index in [1.54, 1.807) is 6.07 Å². The second-order valence-corrected chi connectivity index (χ2v) is 4.27. The van der Waals surface area contributed by atoms with Crippen molar-refractivity contribution in [3.8, 4) is 6.07 Å². The molecule has 0 aromatic heterocycles. The van der Waals surface area contributed by atoms with Crippen LogP contribution in [0.3, 0.4) is 0 Å². The second kappa shape index (κ2) is 5.92. The van der Waals surface area contributed by atoms with Crippen LogP contribution in [0.15, 0.2) is 18.2 Å². The van der Waals surface area contributed by atoms with E-state index in [0.29, 0.717) is 18.7 Å². The van der Waals surface area contributed by atoms with Gasteiger partial charge in [-0.15, -0.1) is 0 Å².